The molecule has 82 valence electrons. The minimum atomic E-state index is -0.254. The lowest BCUT2D eigenvalue weighted by atomic mass is 10.2. The monoisotopic (exact) mass is 232 g/mol. The fourth-order valence-corrected chi connectivity index (χ4v) is 2.13. The van der Waals surface area contributed by atoms with E-state index in [1.165, 1.54) is 4.88 Å². The van der Waals surface area contributed by atoms with Gasteiger partial charge in [-0.25, -0.2) is 0 Å². The number of aryl methyl sites for hydroxylation is 1. The zero-order valence-electron chi connectivity index (χ0n) is 8.99. The quantitative estimate of drug-likeness (QED) is 0.642. The lowest BCUT2D eigenvalue weighted by molar-refractivity contribution is -0.117. The zero-order chi connectivity index (χ0) is 11.5. The Bertz CT molecular complexity index is 477. The van der Waals surface area contributed by atoms with Crippen molar-refractivity contribution in [2.75, 3.05) is 0 Å². The molecule has 1 fully saturated rings. The average molecular weight is 232 g/mol. The summed E-state index contributed by atoms with van der Waals surface area (Å²) in [6, 6.07) is 6.13. The van der Waals surface area contributed by atoms with Crippen molar-refractivity contribution in [3.8, 4) is 6.07 Å². The van der Waals surface area contributed by atoms with Crippen molar-refractivity contribution in [2.45, 2.75) is 25.8 Å². The maximum atomic E-state index is 11.6. The van der Waals surface area contributed by atoms with Crippen LogP contribution in [0, 0.1) is 18.3 Å². The number of carbonyl (C=O) groups is 1. The van der Waals surface area contributed by atoms with Gasteiger partial charge in [-0.05, 0) is 38.0 Å². The number of nitriles is 1. The molecule has 1 saturated carbocycles. The number of nitrogens with zero attached hydrogens (tertiary/aromatic N) is 1. The molecule has 0 aliphatic heterocycles. The van der Waals surface area contributed by atoms with Gasteiger partial charge >= 0.3 is 0 Å². The first-order chi connectivity index (χ1) is 7.69. The number of amides is 1. The molecule has 0 saturated heterocycles. The van der Waals surface area contributed by atoms with E-state index < -0.39 is 0 Å². The first-order valence-electron chi connectivity index (χ1n) is 5.18. The molecule has 0 aromatic carbocycles. The van der Waals surface area contributed by atoms with Gasteiger partial charge in [-0.15, -0.1) is 11.3 Å². The van der Waals surface area contributed by atoms with Crippen molar-refractivity contribution >= 4 is 23.3 Å². The molecule has 1 aromatic rings. The van der Waals surface area contributed by atoms with Crippen molar-refractivity contribution in [2.24, 2.45) is 0 Å². The Labute approximate surface area is 98.4 Å². The predicted octanol–water partition coefficient (Wildman–Crippen LogP) is 2.24. The van der Waals surface area contributed by atoms with E-state index in [-0.39, 0.29) is 17.5 Å². The predicted molar refractivity (Wildman–Crippen MR) is 63.8 cm³/mol. The minimum Gasteiger partial charge on any atom is -0.349 e. The summed E-state index contributed by atoms with van der Waals surface area (Å²) in [6.07, 6.45) is 3.71. The van der Waals surface area contributed by atoms with Gasteiger partial charge in [-0.3, -0.25) is 4.79 Å². The molecule has 16 heavy (non-hydrogen) atoms. The molecular weight excluding hydrogens is 220 g/mol. The Morgan fingerprint density at radius 1 is 1.62 bits per heavy atom. The zero-order valence-corrected chi connectivity index (χ0v) is 9.80. The van der Waals surface area contributed by atoms with Gasteiger partial charge in [0.1, 0.15) is 11.6 Å². The molecular formula is C12H12N2OS. The maximum Gasteiger partial charge on any atom is 0.262 e. The third-order valence-electron chi connectivity index (χ3n) is 2.33. The van der Waals surface area contributed by atoms with Gasteiger partial charge in [-0.1, -0.05) is 0 Å². The van der Waals surface area contributed by atoms with Crippen LogP contribution in [0.2, 0.25) is 0 Å². The number of nitrogens with one attached hydrogen (secondary N) is 1. The first kappa shape index (κ1) is 10.9. The third-order valence-corrected chi connectivity index (χ3v) is 3.27. The van der Waals surface area contributed by atoms with Gasteiger partial charge < -0.3 is 5.32 Å². The van der Waals surface area contributed by atoms with Crippen molar-refractivity contribution in [1.29, 1.82) is 5.26 Å². The summed E-state index contributed by atoms with van der Waals surface area (Å²) < 4.78 is 0. The molecule has 0 spiro atoms. The summed E-state index contributed by atoms with van der Waals surface area (Å²) >= 11 is 1.58. The molecule has 1 amide bonds. The largest absolute Gasteiger partial charge is 0.349 e. The normalized spacial score (nSPS) is 15.6. The topological polar surface area (TPSA) is 52.9 Å². The molecule has 4 heteroatoms. The van der Waals surface area contributed by atoms with Gasteiger partial charge in [0.2, 0.25) is 0 Å². The Kier molecular flexibility index (Phi) is 3.07. The first-order valence-corrected chi connectivity index (χ1v) is 6.00. The van der Waals surface area contributed by atoms with Gasteiger partial charge in [0, 0.05) is 15.8 Å². The van der Waals surface area contributed by atoms with E-state index >= 15 is 0 Å². The second-order valence-electron chi connectivity index (χ2n) is 3.87. The van der Waals surface area contributed by atoms with Crippen LogP contribution in [0.1, 0.15) is 22.6 Å². The molecule has 0 radical (unpaired) electrons. The summed E-state index contributed by atoms with van der Waals surface area (Å²) in [6.45, 7) is 2.00. The fraction of sp³-hybridized carbons (Fsp3) is 0.333. The van der Waals surface area contributed by atoms with Crippen LogP contribution in [0.25, 0.3) is 6.08 Å². The molecule has 1 aromatic heterocycles. The summed E-state index contributed by atoms with van der Waals surface area (Å²) in [4.78, 5) is 13.8. The van der Waals surface area contributed by atoms with E-state index in [4.69, 9.17) is 5.26 Å². The fourth-order valence-electron chi connectivity index (χ4n) is 1.31. The molecule has 0 unspecified atom stereocenters. The van der Waals surface area contributed by atoms with E-state index in [9.17, 15) is 4.79 Å². The van der Waals surface area contributed by atoms with Crippen LogP contribution in [0.4, 0.5) is 0 Å². The molecule has 2 rings (SSSR count). The van der Waals surface area contributed by atoms with Crippen molar-refractivity contribution in [3.63, 3.8) is 0 Å². The second kappa shape index (κ2) is 4.50. The van der Waals surface area contributed by atoms with Crippen LogP contribution < -0.4 is 5.32 Å². The maximum absolute atomic E-state index is 11.6. The van der Waals surface area contributed by atoms with Gasteiger partial charge in [-0.2, -0.15) is 5.26 Å². The molecule has 1 aliphatic carbocycles. The minimum absolute atomic E-state index is 0.189. The molecule has 0 bridgehead atoms. The van der Waals surface area contributed by atoms with Crippen molar-refractivity contribution in [1.82, 2.24) is 5.32 Å². The van der Waals surface area contributed by atoms with E-state index in [1.807, 2.05) is 25.1 Å². The number of rotatable bonds is 3. The Morgan fingerprint density at radius 2 is 2.38 bits per heavy atom. The van der Waals surface area contributed by atoms with Gasteiger partial charge in [0.05, 0.1) is 0 Å². The Hall–Kier alpha value is -1.60. The van der Waals surface area contributed by atoms with E-state index in [1.54, 1.807) is 17.4 Å². The van der Waals surface area contributed by atoms with Crippen LogP contribution in [0.15, 0.2) is 17.7 Å². The summed E-state index contributed by atoms with van der Waals surface area (Å²) in [5, 5.41) is 11.7. The number of thiophene rings is 1. The van der Waals surface area contributed by atoms with E-state index in [0.717, 1.165) is 17.7 Å². The van der Waals surface area contributed by atoms with Crippen LogP contribution in [0.3, 0.4) is 0 Å². The average Bonchev–Trinajstić information content (AvgIpc) is 2.97. The van der Waals surface area contributed by atoms with Crippen molar-refractivity contribution in [3.05, 3.63) is 27.5 Å². The van der Waals surface area contributed by atoms with Crippen LogP contribution in [0.5, 0.6) is 0 Å². The third kappa shape index (κ3) is 2.71. The summed E-state index contributed by atoms with van der Waals surface area (Å²) in [5.41, 5.74) is 0.189. The van der Waals surface area contributed by atoms with Gasteiger partial charge in [0.15, 0.2) is 0 Å². The molecule has 3 nitrogen and oxygen atoms in total. The molecule has 1 N–H and O–H groups in total. The number of hydrogen-bond donors (Lipinski definition) is 1. The lowest BCUT2D eigenvalue weighted by Gasteiger charge is -1.99. The van der Waals surface area contributed by atoms with Crippen molar-refractivity contribution < 1.29 is 4.79 Å². The standard InChI is InChI=1S/C12H12N2OS/c1-8-2-5-11(16-8)6-9(7-13)12(15)14-10-3-4-10/h2,5-6,10H,3-4H2,1H3,(H,14,15)/b9-6+. The Morgan fingerprint density at radius 3 is 2.88 bits per heavy atom. The smallest absolute Gasteiger partial charge is 0.262 e. The van der Waals surface area contributed by atoms with Gasteiger partial charge in [0.25, 0.3) is 5.91 Å². The highest BCUT2D eigenvalue weighted by atomic mass is 32.1. The van der Waals surface area contributed by atoms with Crippen LogP contribution in [-0.4, -0.2) is 11.9 Å². The lowest BCUT2D eigenvalue weighted by Crippen LogP contribution is -2.26. The molecule has 0 atom stereocenters. The Balaban J connectivity index is 2.11. The number of carbonyl (C=O) groups excluding carboxylic acids is 1. The summed E-state index contributed by atoms with van der Waals surface area (Å²) in [5.74, 6) is -0.254. The highest BCUT2D eigenvalue weighted by Crippen LogP contribution is 2.21. The highest BCUT2D eigenvalue weighted by Gasteiger charge is 2.24. The summed E-state index contributed by atoms with van der Waals surface area (Å²) in [7, 11) is 0. The second-order valence-corrected chi connectivity index (χ2v) is 5.19. The van der Waals surface area contributed by atoms with Crippen LogP contribution >= 0.6 is 11.3 Å². The molecule has 1 heterocycles. The molecule has 1 aliphatic rings. The van der Waals surface area contributed by atoms with Crippen LogP contribution in [-0.2, 0) is 4.79 Å². The number of hydrogen-bond acceptors (Lipinski definition) is 3. The van der Waals surface area contributed by atoms with E-state index in [2.05, 4.69) is 5.32 Å². The highest BCUT2D eigenvalue weighted by molar-refractivity contribution is 7.12. The van der Waals surface area contributed by atoms with E-state index in [0.29, 0.717) is 0 Å². The SMILES string of the molecule is Cc1ccc(/C=C(\C#N)C(=O)NC2CC2)s1.